The molecule has 3 heterocycles. The van der Waals surface area contributed by atoms with E-state index in [0.717, 1.165) is 54.4 Å². The molecular formula is C21H25ClFN3O3. The van der Waals surface area contributed by atoms with E-state index in [9.17, 15) is 9.18 Å². The lowest BCUT2D eigenvalue weighted by molar-refractivity contribution is 0.0131. The summed E-state index contributed by atoms with van der Waals surface area (Å²) in [6.45, 7) is 1.13. The summed E-state index contributed by atoms with van der Waals surface area (Å²) >= 11 is 6.55. The van der Waals surface area contributed by atoms with Crippen molar-refractivity contribution in [3.8, 4) is 0 Å². The molecule has 0 bridgehead atoms. The van der Waals surface area contributed by atoms with E-state index in [-0.39, 0.29) is 18.7 Å². The van der Waals surface area contributed by atoms with Crippen LogP contribution in [0.1, 0.15) is 49.8 Å². The van der Waals surface area contributed by atoms with Gasteiger partial charge in [-0.2, -0.15) is 0 Å². The maximum absolute atomic E-state index is 14.0. The number of alkyl halides is 1. The van der Waals surface area contributed by atoms with Gasteiger partial charge in [-0.1, -0.05) is 30.9 Å². The SMILES string of the molecule is O=C1Nc2c(Cl)cc3cc(CNC4CCOCC4F)oc3c2C2(CCCCC2)N1. The number of urea groups is 1. The number of carbonyl (C=O) groups excluding carboxylic acids is 1. The van der Waals surface area contributed by atoms with Crippen LogP contribution in [0.4, 0.5) is 14.9 Å². The molecule has 1 saturated heterocycles. The highest BCUT2D eigenvalue weighted by Gasteiger charge is 2.43. The van der Waals surface area contributed by atoms with E-state index >= 15 is 0 Å². The molecule has 1 saturated carbocycles. The second-order valence-electron chi connectivity index (χ2n) is 8.33. The minimum absolute atomic E-state index is 0.134. The number of halogens is 2. The van der Waals surface area contributed by atoms with E-state index in [1.54, 1.807) is 0 Å². The third-order valence-corrected chi connectivity index (χ3v) is 6.71. The van der Waals surface area contributed by atoms with E-state index in [1.807, 2.05) is 12.1 Å². The fourth-order valence-electron chi connectivity index (χ4n) is 4.99. The van der Waals surface area contributed by atoms with Crippen molar-refractivity contribution in [2.75, 3.05) is 18.5 Å². The van der Waals surface area contributed by atoms with Gasteiger partial charge in [0.2, 0.25) is 0 Å². The van der Waals surface area contributed by atoms with Crippen LogP contribution in [0.3, 0.4) is 0 Å². The lowest BCUT2D eigenvalue weighted by Gasteiger charge is -2.42. The molecule has 1 aromatic heterocycles. The van der Waals surface area contributed by atoms with E-state index in [0.29, 0.717) is 30.3 Å². The number of anilines is 1. The summed E-state index contributed by atoms with van der Waals surface area (Å²) in [5.41, 5.74) is 1.89. The molecule has 0 radical (unpaired) electrons. The summed E-state index contributed by atoms with van der Waals surface area (Å²) in [7, 11) is 0. The Bertz CT molecular complexity index is 941. The Kier molecular flexibility index (Phi) is 4.92. The highest BCUT2D eigenvalue weighted by molar-refractivity contribution is 6.35. The lowest BCUT2D eigenvalue weighted by Crippen LogP contribution is -2.52. The van der Waals surface area contributed by atoms with Gasteiger partial charge >= 0.3 is 6.03 Å². The number of benzene rings is 1. The molecule has 2 unspecified atom stereocenters. The summed E-state index contributed by atoms with van der Waals surface area (Å²) in [6.07, 6.45) is 4.61. The first-order valence-electron chi connectivity index (χ1n) is 10.4. The first kappa shape index (κ1) is 19.2. The molecule has 1 spiro atoms. The van der Waals surface area contributed by atoms with Crippen molar-refractivity contribution in [3.63, 3.8) is 0 Å². The fraction of sp³-hybridized carbons (Fsp3) is 0.571. The van der Waals surface area contributed by atoms with Crippen LogP contribution in [0.15, 0.2) is 16.5 Å². The van der Waals surface area contributed by atoms with Crippen molar-refractivity contribution in [2.45, 2.75) is 62.8 Å². The Morgan fingerprint density at radius 3 is 2.90 bits per heavy atom. The van der Waals surface area contributed by atoms with Crippen molar-refractivity contribution in [3.05, 3.63) is 28.5 Å². The van der Waals surface area contributed by atoms with E-state index in [1.165, 1.54) is 0 Å². The smallest absolute Gasteiger partial charge is 0.319 e. The van der Waals surface area contributed by atoms with Gasteiger partial charge in [0, 0.05) is 23.6 Å². The number of furan rings is 1. The molecule has 1 aromatic carbocycles. The quantitative estimate of drug-likeness (QED) is 0.677. The minimum Gasteiger partial charge on any atom is -0.459 e. The topological polar surface area (TPSA) is 75.5 Å². The Morgan fingerprint density at radius 2 is 2.10 bits per heavy atom. The van der Waals surface area contributed by atoms with Gasteiger partial charge in [-0.25, -0.2) is 9.18 Å². The Labute approximate surface area is 173 Å². The largest absolute Gasteiger partial charge is 0.459 e. The predicted octanol–water partition coefficient (Wildman–Crippen LogP) is 4.60. The second-order valence-corrected chi connectivity index (χ2v) is 8.74. The molecule has 2 amide bonds. The monoisotopic (exact) mass is 421 g/mol. The second kappa shape index (κ2) is 7.45. The molecule has 8 heteroatoms. The third-order valence-electron chi connectivity index (χ3n) is 6.41. The van der Waals surface area contributed by atoms with Gasteiger partial charge in [-0.05, 0) is 31.4 Å². The third kappa shape index (κ3) is 3.39. The van der Waals surface area contributed by atoms with Gasteiger partial charge < -0.3 is 25.1 Å². The standard InChI is InChI=1S/C21H25ClFN3O3/c22-14-9-12-8-13(10-24-16-4-7-28-11-15(16)23)29-19(12)17-18(14)25-20(27)26-21(17)5-2-1-3-6-21/h8-9,15-16,24H,1-7,10-11H2,(H2,25,26,27). The molecule has 2 fully saturated rings. The van der Waals surface area contributed by atoms with Crippen molar-refractivity contribution in [1.29, 1.82) is 0 Å². The number of amides is 2. The Hall–Kier alpha value is -1.83. The number of fused-ring (bicyclic) bond motifs is 4. The number of ether oxygens (including phenoxy) is 1. The average molecular weight is 422 g/mol. The Morgan fingerprint density at radius 1 is 1.28 bits per heavy atom. The van der Waals surface area contributed by atoms with Gasteiger partial charge in [0.25, 0.3) is 0 Å². The molecule has 2 aromatic rings. The minimum atomic E-state index is -1.01. The molecule has 1 aliphatic carbocycles. The molecule has 2 aliphatic heterocycles. The molecule has 6 nitrogen and oxygen atoms in total. The maximum Gasteiger partial charge on any atom is 0.319 e. The van der Waals surface area contributed by atoms with Crippen LogP contribution in [0.5, 0.6) is 0 Å². The molecule has 156 valence electrons. The number of hydrogen-bond acceptors (Lipinski definition) is 4. The van der Waals surface area contributed by atoms with Crippen LogP contribution in [0, 0.1) is 0 Å². The first-order valence-corrected chi connectivity index (χ1v) is 10.7. The van der Waals surface area contributed by atoms with Crippen molar-refractivity contribution < 1.29 is 18.3 Å². The van der Waals surface area contributed by atoms with Crippen molar-refractivity contribution >= 4 is 34.3 Å². The van der Waals surface area contributed by atoms with Crippen LogP contribution >= 0.6 is 11.6 Å². The molecular weight excluding hydrogens is 397 g/mol. The number of nitrogens with one attached hydrogen (secondary N) is 3. The zero-order valence-corrected chi connectivity index (χ0v) is 16.9. The van der Waals surface area contributed by atoms with Crippen LogP contribution < -0.4 is 16.0 Å². The zero-order valence-electron chi connectivity index (χ0n) is 16.2. The molecule has 29 heavy (non-hydrogen) atoms. The normalized spacial score (nSPS) is 26.2. The maximum atomic E-state index is 14.0. The Balaban J connectivity index is 1.51. The average Bonchev–Trinajstić information content (AvgIpc) is 3.10. The summed E-state index contributed by atoms with van der Waals surface area (Å²) in [6, 6.07) is 3.33. The van der Waals surface area contributed by atoms with Crippen molar-refractivity contribution in [1.82, 2.24) is 10.6 Å². The van der Waals surface area contributed by atoms with E-state index in [2.05, 4.69) is 16.0 Å². The van der Waals surface area contributed by atoms with Gasteiger partial charge in [-0.3, -0.25) is 0 Å². The van der Waals surface area contributed by atoms with Crippen LogP contribution in [-0.2, 0) is 16.8 Å². The highest BCUT2D eigenvalue weighted by atomic mass is 35.5. The van der Waals surface area contributed by atoms with Crippen molar-refractivity contribution in [2.24, 2.45) is 0 Å². The number of rotatable bonds is 3. The number of hydrogen-bond donors (Lipinski definition) is 3. The molecule has 2 atom stereocenters. The number of carbonyl (C=O) groups is 1. The van der Waals surface area contributed by atoms with E-state index < -0.39 is 11.7 Å². The molecule has 3 aliphatic rings. The summed E-state index contributed by atoms with van der Waals surface area (Å²) in [5, 5.41) is 10.7. The van der Waals surface area contributed by atoms with E-state index in [4.69, 9.17) is 20.8 Å². The predicted molar refractivity (Wildman–Crippen MR) is 109 cm³/mol. The lowest BCUT2D eigenvalue weighted by atomic mass is 9.74. The molecule has 5 rings (SSSR count). The van der Waals surface area contributed by atoms with Crippen LogP contribution in [0.25, 0.3) is 11.0 Å². The first-order chi connectivity index (χ1) is 14.1. The highest BCUT2D eigenvalue weighted by Crippen LogP contribution is 2.48. The fourth-order valence-corrected chi connectivity index (χ4v) is 5.25. The summed E-state index contributed by atoms with van der Waals surface area (Å²) in [4.78, 5) is 12.3. The van der Waals surface area contributed by atoms with Gasteiger partial charge in [0.1, 0.15) is 17.5 Å². The molecule has 3 N–H and O–H groups in total. The zero-order chi connectivity index (χ0) is 20.0. The van der Waals surface area contributed by atoms with Crippen LogP contribution in [-0.4, -0.2) is 31.5 Å². The summed E-state index contributed by atoms with van der Waals surface area (Å²) < 4.78 is 25.4. The van der Waals surface area contributed by atoms with Gasteiger partial charge in [0.05, 0.1) is 29.4 Å². The summed E-state index contributed by atoms with van der Waals surface area (Å²) in [5.74, 6) is 0.728. The van der Waals surface area contributed by atoms with Gasteiger partial charge in [0.15, 0.2) is 0 Å². The van der Waals surface area contributed by atoms with Gasteiger partial charge in [-0.15, -0.1) is 0 Å². The van der Waals surface area contributed by atoms with Crippen LogP contribution in [0.2, 0.25) is 5.02 Å².